The van der Waals surface area contributed by atoms with Crippen LogP contribution >= 0.6 is 0 Å². The first-order valence-electron chi connectivity index (χ1n) is 5.79. The lowest BCUT2D eigenvalue weighted by molar-refractivity contribution is -0.383. The fourth-order valence-electron chi connectivity index (χ4n) is 2.20. The van der Waals surface area contributed by atoms with Gasteiger partial charge < -0.3 is 10.6 Å². The summed E-state index contributed by atoms with van der Waals surface area (Å²) < 4.78 is 0. The standard InChI is InChI=1S/C12H17N3O2/c1-12(7-4-8-12)14-10-6-3-5-9(13-2)11(10)15(16)17/h3,5-6,13-14H,4,7-8H2,1-2H3. The first kappa shape index (κ1) is 11.7. The van der Waals surface area contributed by atoms with E-state index in [2.05, 4.69) is 17.6 Å². The van der Waals surface area contributed by atoms with E-state index in [0.717, 1.165) is 12.8 Å². The molecule has 0 radical (unpaired) electrons. The molecule has 0 spiro atoms. The molecule has 0 aliphatic heterocycles. The van der Waals surface area contributed by atoms with Crippen LogP contribution in [-0.2, 0) is 0 Å². The topological polar surface area (TPSA) is 67.2 Å². The van der Waals surface area contributed by atoms with Gasteiger partial charge in [0, 0.05) is 12.6 Å². The van der Waals surface area contributed by atoms with Crippen LogP contribution in [0.5, 0.6) is 0 Å². The van der Waals surface area contributed by atoms with Crippen molar-refractivity contribution >= 4 is 17.1 Å². The van der Waals surface area contributed by atoms with Gasteiger partial charge in [0.2, 0.25) is 0 Å². The SMILES string of the molecule is CNc1cccc(NC2(C)CCC2)c1[N+](=O)[O-]. The lowest BCUT2D eigenvalue weighted by atomic mass is 9.78. The number of hydrogen-bond donors (Lipinski definition) is 2. The third-order valence-corrected chi connectivity index (χ3v) is 3.38. The number of rotatable bonds is 4. The Bertz CT molecular complexity index is 441. The molecule has 2 rings (SSSR count). The first-order valence-corrected chi connectivity index (χ1v) is 5.79. The van der Waals surface area contributed by atoms with Gasteiger partial charge in [0.25, 0.3) is 0 Å². The van der Waals surface area contributed by atoms with Crippen molar-refractivity contribution < 1.29 is 4.92 Å². The molecule has 0 atom stereocenters. The second-order valence-corrected chi connectivity index (χ2v) is 4.75. The highest BCUT2D eigenvalue weighted by atomic mass is 16.6. The maximum atomic E-state index is 11.1. The number of benzene rings is 1. The van der Waals surface area contributed by atoms with Gasteiger partial charge in [0.1, 0.15) is 11.4 Å². The van der Waals surface area contributed by atoms with E-state index in [1.165, 1.54) is 6.42 Å². The van der Waals surface area contributed by atoms with Gasteiger partial charge in [0.15, 0.2) is 0 Å². The van der Waals surface area contributed by atoms with Crippen molar-refractivity contribution in [2.45, 2.75) is 31.7 Å². The average Bonchev–Trinajstić information content (AvgIpc) is 2.26. The van der Waals surface area contributed by atoms with Gasteiger partial charge in [-0.25, -0.2) is 0 Å². The van der Waals surface area contributed by atoms with E-state index in [0.29, 0.717) is 11.4 Å². The third kappa shape index (κ3) is 2.18. The summed E-state index contributed by atoms with van der Waals surface area (Å²) in [5.41, 5.74) is 1.28. The van der Waals surface area contributed by atoms with Crippen molar-refractivity contribution in [3.63, 3.8) is 0 Å². The highest BCUT2D eigenvalue weighted by Crippen LogP contribution is 2.39. The minimum absolute atomic E-state index is 0.0110. The molecule has 17 heavy (non-hydrogen) atoms. The molecule has 0 amide bonds. The summed E-state index contributed by atoms with van der Waals surface area (Å²) in [6.45, 7) is 2.10. The molecule has 0 aromatic heterocycles. The maximum Gasteiger partial charge on any atom is 0.315 e. The van der Waals surface area contributed by atoms with Gasteiger partial charge in [-0.05, 0) is 38.3 Å². The third-order valence-electron chi connectivity index (χ3n) is 3.38. The molecule has 1 aromatic carbocycles. The Labute approximate surface area is 100 Å². The molecule has 92 valence electrons. The lowest BCUT2D eigenvalue weighted by Crippen LogP contribution is -2.41. The summed E-state index contributed by atoms with van der Waals surface area (Å²) in [6, 6.07) is 5.30. The van der Waals surface area contributed by atoms with Crippen molar-refractivity contribution in [2.75, 3.05) is 17.7 Å². The fraction of sp³-hybridized carbons (Fsp3) is 0.500. The molecular weight excluding hydrogens is 218 g/mol. The number of nitrogens with zero attached hydrogens (tertiary/aromatic N) is 1. The largest absolute Gasteiger partial charge is 0.382 e. The normalized spacial score (nSPS) is 17.1. The number of para-hydroxylation sites is 1. The Morgan fingerprint density at radius 3 is 2.47 bits per heavy atom. The lowest BCUT2D eigenvalue weighted by Gasteiger charge is -2.39. The van der Waals surface area contributed by atoms with E-state index >= 15 is 0 Å². The van der Waals surface area contributed by atoms with Gasteiger partial charge in [-0.2, -0.15) is 0 Å². The van der Waals surface area contributed by atoms with Crippen LogP contribution in [0.3, 0.4) is 0 Å². The monoisotopic (exact) mass is 235 g/mol. The van der Waals surface area contributed by atoms with Crippen LogP contribution in [0.25, 0.3) is 0 Å². The quantitative estimate of drug-likeness (QED) is 0.622. The molecule has 0 saturated heterocycles. The van der Waals surface area contributed by atoms with Crippen molar-refractivity contribution in [3.8, 4) is 0 Å². The summed E-state index contributed by atoms with van der Waals surface area (Å²) in [4.78, 5) is 10.8. The number of hydrogen-bond acceptors (Lipinski definition) is 4. The van der Waals surface area contributed by atoms with Crippen LogP contribution in [0.4, 0.5) is 17.1 Å². The zero-order chi connectivity index (χ0) is 12.5. The van der Waals surface area contributed by atoms with E-state index < -0.39 is 0 Å². The highest BCUT2D eigenvalue weighted by Gasteiger charge is 2.33. The molecule has 1 fully saturated rings. The van der Waals surface area contributed by atoms with Crippen molar-refractivity contribution in [1.82, 2.24) is 0 Å². The van der Waals surface area contributed by atoms with Crippen molar-refractivity contribution in [1.29, 1.82) is 0 Å². The number of nitro benzene ring substituents is 1. The van der Waals surface area contributed by atoms with E-state index in [1.54, 1.807) is 19.2 Å². The minimum Gasteiger partial charge on any atom is -0.382 e. The molecule has 1 saturated carbocycles. The zero-order valence-corrected chi connectivity index (χ0v) is 10.1. The van der Waals surface area contributed by atoms with E-state index in [-0.39, 0.29) is 16.1 Å². The molecule has 5 nitrogen and oxygen atoms in total. The fourth-order valence-corrected chi connectivity index (χ4v) is 2.20. The molecule has 0 unspecified atom stereocenters. The van der Waals surface area contributed by atoms with Crippen LogP contribution in [0.15, 0.2) is 18.2 Å². The smallest absolute Gasteiger partial charge is 0.315 e. The van der Waals surface area contributed by atoms with Gasteiger partial charge in [-0.15, -0.1) is 0 Å². The van der Waals surface area contributed by atoms with Crippen LogP contribution < -0.4 is 10.6 Å². The van der Waals surface area contributed by atoms with E-state index in [1.807, 2.05) is 6.07 Å². The van der Waals surface area contributed by atoms with Crippen molar-refractivity contribution in [2.24, 2.45) is 0 Å². The summed E-state index contributed by atoms with van der Waals surface area (Å²) in [5, 5.41) is 17.3. The zero-order valence-electron chi connectivity index (χ0n) is 10.1. The second-order valence-electron chi connectivity index (χ2n) is 4.75. The van der Waals surface area contributed by atoms with Gasteiger partial charge >= 0.3 is 5.69 Å². The summed E-state index contributed by atoms with van der Waals surface area (Å²) in [5.74, 6) is 0. The summed E-state index contributed by atoms with van der Waals surface area (Å²) in [6.07, 6.45) is 3.31. The Morgan fingerprint density at radius 1 is 1.35 bits per heavy atom. The number of nitro groups is 1. The van der Waals surface area contributed by atoms with Gasteiger partial charge in [-0.3, -0.25) is 10.1 Å². The molecule has 1 aromatic rings. The van der Waals surface area contributed by atoms with E-state index in [9.17, 15) is 10.1 Å². The first-order chi connectivity index (χ1) is 8.06. The Morgan fingerprint density at radius 2 is 2.00 bits per heavy atom. The molecule has 0 bridgehead atoms. The molecule has 1 aliphatic rings. The van der Waals surface area contributed by atoms with Crippen molar-refractivity contribution in [3.05, 3.63) is 28.3 Å². The number of anilines is 2. The minimum atomic E-state index is -0.337. The molecule has 5 heteroatoms. The molecule has 0 heterocycles. The number of nitrogens with one attached hydrogen (secondary N) is 2. The average molecular weight is 235 g/mol. The van der Waals surface area contributed by atoms with Crippen LogP contribution in [0.2, 0.25) is 0 Å². The molecule has 2 N–H and O–H groups in total. The molecular formula is C12H17N3O2. The Balaban J connectivity index is 2.35. The summed E-state index contributed by atoms with van der Waals surface area (Å²) in [7, 11) is 1.69. The predicted octanol–water partition coefficient (Wildman–Crippen LogP) is 2.99. The van der Waals surface area contributed by atoms with Crippen LogP contribution in [-0.4, -0.2) is 17.5 Å². The Hall–Kier alpha value is -1.78. The summed E-state index contributed by atoms with van der Waals surface area (Å²) >= 11 is 0. The Kier molecular flexibility index (Phi) is 2.92. The van der Waals surface area contributed by atoms with Gasteiger partial charge in [0.05, 0.1) is 4.92 Å². The highest BCUT2D eigenvalue weighted by molar-refractivity contribution is 5.76. The predicted molar refractivity (Wildman–Crippen MR) is 68.5 cm³/mol. The second kappa shape index (κ2) is 4.24. The molecule has 1 aliphatic carbocycles. The maximum absolute atomic E-state index is 11.1. The van der Waals surface area contributed by atoms with E-state index in [4.69, 9.17) is 0 Å². The van der Waals surface area contributed by atoms with Crippen LogP contribution in [0.1, 0.15) is 26.2 Å². The van der Waals surface area contributed by atoms with Gasteiger partial charge in [-0.1, -0.05) is 6.07 Å². The van der Waals surface area contributed by atoms with Crippen LogP contribution in [0, 0.1) is 10.1 Å².